The number of halogens is 3. The molecule has 0 spiro atoms. The number of rotatable bonds is 2. The first-order valence-electron chi connectivity index (χ1n) is 8.58. The van der Waals surface area contributed by atoms with Crippen molar-refractivity contribution < 1.29 is 22.7 Å². The van der Waals surface area contributed by atoms with Gasteiger partial charge in [-0.1, -0.05) is 0 Å². The second-order valence-electron chi connectivity index (χ2n) is 7.56. The Morgan fingerprint density at radius 3 is 2.70 bits per heavy atom. The van der Waals surface area contributed by atoms with Crippen LogP contribution < -0.4 is 20.4 Å². The number of hydrogen-bond donors (Lipinski definition) is 2. The lowest BCUT2D eigenvalue weighted by molar-refractivity contribution is -0.137. The fraction of sp³-hybridized carbons (Fsp3) is 0.529. The largest absolute Gasteiger partial charge is 0.483 e. The van der Waals surface area contributed by atoms with Crippen LogP contribution in [0.3, 0.4) is 0 Å². The monoisotopic (exact) mass is 383 g/mol. The number of likely N-dealkylation sites (tertiary alicyclic amines) is 1. The smallest absolute Gasteiger partial charge is 0.418 e. The Labute approximate surface area is 154 Å². The van der Waals surface area contributed by atoms with Crippen LogP contribution in [0.5, 0.6) is 5.75 Å². The quantitative estimate of drug-likeness (QED) is 0.816. The van der Waals surface area contributed by atoms with E-state index in [0.717, 1.165) is 6.07 Å². The van der Waals surface area contributed by atoms with Crippen LogP contribution in [0, 0.1) is 0 Å². The fourth-order valence-electron chi connectivity index (χ4n) is 3.96. The molecule has 7 nitrogen and oxygen atoms in total. The second kappa shape index (κ2) is 5.75. The van der Waals surface area contributed by atoms with Crippen LogP contribution in [-0.4, -0.2) is 55.0 Å². The van der Waals surface area contributed by atoms with Crippen molar-refractivity contribution in [1.29, 1.82) is 0 Å². The molecule has 0 unspecified atom stereocenters. The minimum absolute atomic E-state index is 0.00972. The van der Waals surface area contributed by atoms with Crippen molar-refractivity contribution in [1.82, 2.24) is 10.3 Å². The summed E-state index contributed by atoms with van der Waals surface area (Å²) in [6.07, 6.45) is -4.54. The van der Waals surface area contributed by atoms with E-state index in [0.29, 0.717) is 24.6 Å². The maximum Gasteiger partial charge on any atom is 0.418 e. The number of nitrogens with one attached hydrogen (secondary N) is 2. The maximum absolute atomic E-state index is 13.7. The predicted octanol–water partition coefficient (Wildman–Crippen LogP) is 1.85. The lowest BCUT2D eigenvalue weighted by atomic mass is 9.92. The van der Waals surface area contributed by atoms with E-state index in [1.165, 1.54) is 6.07 Å². The van der Waals surface area contributed by atoms with E-state index < -0.39 is 23.3 Å². The normalized spacial score (nSPS) is 24.1. The molecule has 0 saturated carbocycles. The summed E-state index contributed by atoms with van der Waals surface area (Å²) in [6.45, 7) is 4.81. The highest BCUT2D eigenvalue weighted by atomic mass is 19.4. The van der Waals surface area contributed by atoms with E-state index in [2.05, 4.69) is 15.8 Å². The molecule has 3 heterocycles. The lowest BCUT2D eigenvalue weighted by Crippen LogP contribution is -2.62. The van der Waals surface area contributed by atoms with Crippen LogP contribution in [-0.2, 0) is 11.0 Å². The molecule has 1 atom stereocenters. The zero-order valence-corrected chi connectivity index (χ0v) is 15.1. The van der Waals surface area contributed by atoms with E-state index in [1.54, 1.807) is 11.8 Å². The Morgan fingerprint density at radius 1 is 1.37 bits per heavy atom. The summed E-state index contributed by atoms with van der Waals surface area (Å²) in [5, 5.41) is 7.01. The number of hydrogen-bond acceptors (Lipinski definition) is 6. The molecule has 3 aliphatic heterocycles. The highest BCUT2D eigenvalue weighted by Crippen LogP contribution is 2.45. The van der Waals surface area contributed by atoms with E-state index in [4.69, 9.17) is 4.74 Å². The molecule has 1 saturated heterocycles. The van der Waals surface area contributed by atoms with E-state index in [1.807, 2.05) is 18.9 Å². The van der Waals surface area contributed by atoms with Gasteiger partial charge in [-0.15, -0.1) is 0 Å². The number of ether oxygens (including phenoxy) is 1. The predicted molar refractivity (Wildman–Crippen MR) is 94.0 cm³/mol. The van der Waals surface area contributed by atoms with Gasteiger partial charge in [-0.2, -0.15) is 18.3 Å². The van der Waals surface area contributed by atoms with Gasteiger partial charge in [0.05, 0.1) is 16.8 Å². The Bertz CT molecular complexity index is 833. The van der Waals surface area contributed by atoms with Crippen LogP contribution in [0.1, 0.15) is 19.4 Å². The van der Waals surface area contributed by atoms with Crippen LogP contribution in [0.15, 0.2) is 17.2 Å². The number of nitrogens with zero attached hydrogens (tertiary/aromatic N) is 3. The number of carbonyl (C=O) groups excluding carboxylic acids is 1. The average molecular weight is 383 g/mol. The third-order valence-corrected chi connectivity index (χ3v) is 5.04. The third-order valence-electron chi connectivity index (χ3n) is 5.04. The van der Waals surface area contributed by atoms with Crippen molar-refractivity contribution in [2.45, 2.75) is 31.6 Å². The minimum Gasteiger partial charge on any atom is -0.483 e. The molecule has 2 N–H and O–H groups in total. The molecule has 1 aromatic rings. The van der Waals surface area contributed by atoms with Crippen LogP contribution in [0.4, 0.5) is 24.5 Å². The molecule has 1 aromatic carbocycles. The first-order valence-corrected chi connectivity index (χ1v) is 8.58. The average Bonchev–Trinajstić information content (AvgIpc) is 2.55. The number of amides is 1. The molecule has 4 rings (SSSR count). The Kier molecular flexibility index (Phi) is 3.81. The molecule has 146 valence electrons. The Hall–Kier alpha value is -2.49. The highest BCUT2D eigenvalue weighted by Gasteiger charge is 2.43. The molecule has 0 aromatic heterocycles. The van der Waals surface area contributed by atoms with Crippen LogP contribution >= 0.6 is 0 Å². The van der Waals surface area contributed by atoms with Crippen molar-refractivity contribution in [3.05, 3.63) is 17.7 Å². The summed E-state index contributed by atoms with van der Waals surface area (Å²) in [4.78, 5) is 15.6. The molecule has 10 heteroatoms. The second-order valence-corrected chi connectivity index (χ2v) is 7.56. The summed E-state index contributed by atoms with van der Waals surface area (Å²) in [5.41, 5.74) is 1.53. The van der Waals surface area contributed by atoms with Gasteiger partial charge >= 0.3 is 6.18 Å². The van der Waals surface area contributed by atoms with Gasteiger partial charge in [-0.25, -0.2) is 5.43 Å². The van der Waals surface area contributed by atoms with Gasteiger partial charge in [0, 0.05) is 18.8 Å². The molecule has 1 amide bonds. The van der Waals surface area contributed by atoms with Crippen LogP contribution in [0.25, 0.3) is 0 Å². The number of hydrazone groups is 1. The van der Waals surface area contributed by atoms with Gasteiger partial charge in [0.2, 0.25) is 0 Å². The van der Waals surface area contributed by atoms with Gasteiger partial charge in [-0.05, 0) is 33.0 Å². The summed E-state index contributed by atoms with van der Waals surface area (Å²) in [7, 11) is 1.91. The number of anilines is 2. The summed E-state index contributed by atoms with van der Waals surface area (Å²) in [6, 6.07) is 1.81. The zero-order valence-electron chi connectivity index (χ0n) is 15.1. The van der Waals surface area contributed by atoms with Crippen molar-refractivity contribution in [3.63, 3.8) is 0 Å². The van der Waals surface area contributed by atoms with E-state index in [9.17, 15) is 18.0 Å². The van der Waals surface area contributed by atoms with Gasteiger partial charge in [0.15, 0.2) is 5.84 Å². The van der Waals surface area contributed by atoms with Gasteiger partial charge < -0.3 is 19.9 Å². The van der Waals surface area contributed by atoms with Crippen molar-refractivity contribution >= 4 is 23.1 Å². The Morgan fingerprint density at radius 2 is 2.07 bits per heavy atom. The number of carbonyl (C=O) groups is 1. The van der Waals surface area contributed by atoms with Crippen molar-refractivity contribution in [3.8, 4) is 5.75 Å². The van der Waals surface area contributed by atoms with Gasteiger partial charge in [0.25, 0.3) is 5.91 Å². The first kappa shape index (κ1) is 17.9. The molecule has 27 heavy (non-hydrogen) atoms. The maximum atomic E-state index is 13.7. The highest BCUT2D eigenvalue weighted by molar-refractivity contribution is 6.09. The fourth-order valence-corrected chi connectivity index (χ4v) is 3.96. The molecular formula is C17H20F3N5O2. The number of fused-ring (bicyclic) bond motifs is 3. The number of benzene rings is 1. The van der Waals surface area contributed by atoms with E-state index in [-0.39, 0.29) is 24.0 Å². The third kappa shape index (κ3) is 2.97. The topological polar surface area (TPSA) is 69.2 Å². The number of alkyl halides is 3. The molecular weight excluding hydrogens is 363 g/mol. The summed E-state index contributed by atoms with van der Waals surface area (Å²) in [5.74, 6) is 0.216. The SMILES string of the molecule is C[C@@H]1C(=O)NN=C2COc3cc(C(F)(F)F)c(NC4(C)CN(C)C4)cc3N21. The number of amidine groups is 1. The molecule has 3 aliphatic rings. The standard InChI is InChI=1S/C17H20F3N5O2/c1-9-15(26)23-22-14-6-27-13-4-10(17(18,19)20)11(5-12(13)25(9)14)21-16(2)7-24(3)8-16/h4-5,9,21H,6-8H2,1-3H3,(H,23,26)/t9-/m1/s1. The first-order chi connectivity index (χ1) is 12.6. The van der Waals surface area contributed by atoms with Gasteiger partial charge in [0.1, 0.15) is 18.4 Å². The summed E-state index contributed by atoms with van der Waals surface area (Å²) >= 11 is 0. The minimum atomic E-state index is -4.54. The molecule has 0 radical (unpaired) electrons. The molecule has 0 aliphatic carbocycles. The molecule has 1 fully saturated rings. The molecule has 0 bridgehead atoms. The van der Waals surface area contributed by atoms with Crippen molar-refractivity contribution in [2.24, 2.45) is 5.10 Å². The zero-order chi connectivity index (χ0) is 19.6. The van der Waals surface area contributed by atoms with E-state index >= 15 is 0 Å². The van der Waals surface area contributed by atoms with Crippen LogP contribution in [0.2, 0.25) is 0 Å². The Balaban J connectivity index is 1.80. The number of likely N-dealkylation sites (N-methyl/N-ethyl adjacent to an activating group) is 1. The van der Waals surface area contributed by atoms with Gasteiger partial charge in [-0.3, -0.25) is 4.79 Å². The van der Waals surface area contributed by atoms with Crippen molar-refractivity contribution in [2.75, 3.05) is 37.0 Å². The summed E-state index contributed by atoms with van der Waals surface area (Å²) < 4.78 is 46.5. The lowest BCUT2D eigenvalue weighted by Gasteiger charge is -2.48.